The molecule has 1 atom stereocenters. The van der Waals surface area contributed by atoms with Crippen LogP contribution in [0.15, 0.2) is 59.4 Å². The van der Waals surface area contributed by atoms with E-state index in [2.05, 4.69) is 5.32 Å². The minimum Gasteiger partial charge on any atom is -0.493 e. The predicted molar refractivity (Wildman–Crippen MR) is 134 cm³/mol. The van der Waals surface area contributed by atoms with E-state index in [4.69, 9.17) is 18.9 Å². The summed E-state index contributed by atoms with van der Waals surface area (Å²) in [4.78, 5) is 25.9. The fourth-order valence-corrected chi connectivity index (χ4v) is 4.64. The van der Waals surface area contributed by atoms with Gasteiger partial charge in [0, 0.05) is 5.56 Å². The Balaban J connectivity index is 1.87. The van der Waals surface area contributed by atoms with Crippen molar-refractivity contribution in [1.82, 2.24) is 5.32 Å². The molecule has 1 aliphatic carbocycles. The first-order chi connectivity index (χ1) is 17.0. The number of hydrogen-bond acceptors (Lipinski definition) is 6. The number of aryl methyl sites for hydroxylation is 1. The molecule has 1 N–H and O–H groups in total. The molecule has 7 heteroatoms. The summed E-state index contributed by atoms with van der Waals surface area (Å²) < 4.78 is 22.3. The van der Waals surface area contributed by atoms with Crippen LogP contribution >= 0.6 is 0 Å². The van der Waals surface area contributed by atoms with Crippen LogP contribution in [0.1, 0.15) is 29.2 Å². The van der Waals surface area contributed by atoms with Crippen LogP contribution in [-0.2, 0) is 17.6 Å². The van der Waals surface area contributed by atoms with Gasteiger partial charge in [-0.15, -0.1) is 0 Å². The highest BCUT2D eigenvalue weighted by Crippen LogP contribution is 2.50. The number of ether oxygens (including phenoxy) is 4. The van der Waals surface area contributed by atoms with Crippen molar-refractivity contribution in [2.45, 2.75) is 25.3 Å². The lowest BCUT2D eigenvalue weighted by atomic mass is 9.95. The summed E-state index contributed by atoms with van der Waals surface area (Å²) in [5.74, 6) is 1.63. The lowest BCUT2D eigenvalue weighted by Crippen LogP contribution is -2.30. The van der Waals surface area contributed by atoms with E-state index in [1.165, 1.54) is 7.11 Å². The third-order valence-corrected chi connectivity index (χ3v) is 6.26. The Morgan fingerprint density at radius 2 is 1.60 bits per heavy atom. The molecule has 0 saturated carbocycles. The molecule has 0 radical (unpaired) electrons. The van der Waals surface area contributed by atoms with E-state index < -0.39 is 0 Å². The molecule has 7 nitrogen and oxygen atoms in total. The van der Waals surface area contributed by atoms with E-state index >= 15 is 0 Å². The third-order valence-electron chi connectivity index (χ3n) is 6.26. The molecule has 0 heterocycles. The molecule has 182 valence electrons. The van der Waals surface area contributed by atoms with Crippen molar-refractivity contribution in [3.8, 4) is 34.1 Å². The van der Waals surface area contributed by atoms with Gasteiger partial charge in [-0.3, -0.25) is 9.59 Å². The first-order valence-corrected chi connectivity index (χ1v) is 11.4. The molecule has 0 bridgehead atoms. The topological polar surface area (TPSA) is 83.1 Å². The van der Waals surface area contributed by atoms with Crippen LogP contribution in [0.5, 0.6) is 23.0 Å². The van der Waals surface area contributed by atoms with Gasteiger partial charge in [0.2, 0.25) is 17.1 Å². The van der Waals surface area contributed by atoms with Crippen LogP contribution in [0.2, 0.25) is 0 Å². The first-order valence-electron chi connectivity index (χ1n) is 11.4. The molecule has 35 heavy (non-hydrogen) atoms. The van der Waals surface area contributed by atoms with Gasteiger partial charge in [0.05, 0.1) is 40.9 Å². The van der Waals surface area contributed by atoms with Crippen LogP contribution in [0.4, 0.5) is 0 Å². The van der Waals surface area contributed by atoms with Crippen molar-refractivity contribution < 1.29 is 23.7 Å². The van der Waals surface area contributed by atoms with E-state index in [-0.39, 0.29) is 29.5 Å². The van der Waals surface area contributed by atoms with Crippen molar-refractivity contribution in [1.29, 1.82) is 0 Å². The minimum absolute atomic E-state index is 0.119. The van der Waals surface area contributed by atoms with Gasteiger partial charge in [-0.05, 0) is 53.3 Å². The second kappa shape index (κ2) is 10.5. The standard InChI is InChI=1S/C28H29NO6/c1-32-23-13-11-19-20(16-22(23)30)21(29-25(31)14-17-8-6-5-7-9-17)12-10-18-15-24(33-2)27(34-3)28(35-4)26(18)19/h5-9,11,13,15-16,21H,10,12,14H2,1-4H3,(H,29,31)/t21-/m0/s1. The van der Waals surface area contributed by atoms with Gasteiger partial charge in [0.25, 0.3) is 0 Å². The average Bonchev–Trinajstić information content (AvgIpc) is 3.11. The zero-order chi connectivity index (χ0) is 24.9. The second-order valence-electron chi connectivity index (χ2n) is 8.28. The molecule has 0 unspecified atom stereocenters. The van der Waals surface area contributed by atoms with E-state index in [0.29, 0.717) is 35.7 Å². The number of rotatable bonds is 7. The number of carbonyl (C=O) groups is 1. The van der Waals surface area contributed by atoms with Gasteiger partial charge in [0.15, 0.2) is 17.2 Å². The van der Waals surface area contributed by atoms with Crippen LogP contribution in [0, 0.1) is 0 Å². The Morgan fingerprint density at radius 1 is 0.886 bits per heavy atom. The Bertz CT molecular complexity index is 1290. The largest absolute Gasteiger partial charge is 0.493 e. The normalized spacial score (nSPS) is 14.1. The van der Waals surface area contributed by atoms with Crippen molar-refractivity contribution in [3.63, 3.8) is 0 Å². The summed E-state index contributed by atoms with van der Waals surface area (Å²) in [5, 5.41) is 3.15. The van der Waals surface area contributed by atoms with Crippen molar-refractivity contribution in [2.75, 3.05) is 28.4 Å². The first kappa shape index (κ1) is 24.1. The molecular weight excluding hydrogens is 446 g/mol. The zero-order valence-electron chi connectivity index (χ0n) is 20.3. The minimum atomic E-state index is -0.389. The van der Waals surface area contributed by atoms with Gasteiger partial charge >= 0.3 is 0 Å². The number of nitrogens with one attached hydrogen (secondary N) is 1. The number of carbonyl (C=O) groups excluding carboxylic acids is 1. The molecule has 4 rings (SSSR count). The monoisotopic (exact) mass is 475 g/mol. The zero-order valence-corrected chi connectivity index (χ0v) is 20.3. The van der Waals surface area contributed by atoms with Crippen LogP contribution in [0.25, 0.3) is 11.1 Å². The van der Waals surface area contributed by atoms with Crippen molar-refractivity contribution in [2.24, 2.45) is 0 Å². The van der Waals surface area contributed by atoms with Gasteiger partial charge in [0.1, 0.15) is 0 Å². The number of fused-ring (bicyclic) bond motifs is 3. The maximum absolute atomic E-state index is 13.0. The summed E-state index contributed by atoms with van der Waals surface area (Å²) in [5.41, 5.74) is 3.89. The third kappa shape index (κ3) is 4.80. The summed E-state index contributed by atoms with van der Waals surface area (Å²) in [7, 11) is 6.17. The number of benzene rings is 2. The summed E-state index contributed by atoms with van der Waals surface area (Å²) in [6.07, 6.45) is 1.47. The molecule has 0 fully saturated rings. The second-order valence-corrected chi connectivity index (χ2v) is 8.28. The fourth-order valence-electron chi connectivity index (χ4n) is 4.64. The van der Waals surface area contributed by atoms with Gasteiger partial charge in [-0.2, -0.15) is 0 Å². The summed E-state index contributed by atoms with van der Waals surface area (Å²) in [6.45, 7) is 0. The van der Waals surface area contributed by atoms with Gasteiger partial charge in [-0.1, -0.05) is 36.4 Å². The summed E-state index contributed by atoms with van der Waals surface area (Å²) >= 11 is 0. The number of methoxy groups -OCH3 is 4. The highest BCUT2D eigenvalue weighted by molar-refractivity contribution is 5.84. The van der Waals surface area contributed by atoms with E-state index in [1.54, 1.807) is 33.5 Å². The number of amides is 1. The van der Waals surface area contributed by atoms with E-state index in [0.717, 1.165) is 22.3 Å². The Kier molecular flexibility index (Phi) is 7.25. The molecule has 0 aromatic heterocycles. The van der Waals surface area contributed by atoms with Gasteiger partial charge in [-0.25, -0.2) is 0 Å². The molecule has 0 spiro atoms. The lowest BCUT2D eigenvalue weighted by Gasteiger charge is -2.20. The fraction of sp³-hybridized carbons (Fsp3) is 0.286. The van der Waals surface area contributed by atoms with Crippen LogP contribution in [-0.4, -0.2) is 34.3 Å². The highest BCUT2D eigenvalue weighted by Gasteiger charge is 2.29. The number of hydrogen-bond donors (Lipinski definition) is 1. The smallest absolute Gasteiger partial charge is 0.224 e. The van der Waals surface area contributed by atoms with Crippen molar-refractivity contribution >= 4 is 5.91 Å². The molecule has 3 aromatic rings. The summed E-state index contributed by atoms with van der Waals surface area (Å²) in [6, 6.07) is 16.1. The molecule has 0 saturated heterocycles. The molecular formula is C28H29NO6. The predicted octanol–water partition coefficient (Wildman–Crippen LogP) is 4.09. The maximum atomic E-state index is 13.0. The quantitative estimate of drug-likeness (QED) is 0.554. The SMILES string of the molecule is COc1cc2c(c(OC)c1OC)-c1ccc(OC)c(=O)cc1[C@@H](NC(=O)Cc1ccccc1)CC2. The molecule has 0 aliphatic heterocycles. The van der Waals surface area contributed by atoms with Crippen molar-refractivity contribution in [3.05, 3.63) is 81.5 Å². The molecule has 1 amide bonds. The maximum Gasteiger partial charge on any atom is 0.224 e. The lowest BCUT2D eigenvalue weighted by molar-refractivity contribution is -0.121. The Labute approximate surface area is 204 Å². The van der Waals surface area contributed by atoms with Gasteiger partial charge < -0.3 is 24.3 Å². The van der Waals surface area contributed by atoms with E-state index in [1.807, 2.05) is 42.5 Å². The molecule has 1 aliphatic rings. The average molecular weight is 476 g/mol. The van der Waals surface area contributed by atoms with E-state index in [9.17, 15) is 9.59 Å². The Morgan fingerprint density at radius 3 is 2.26 bits per heavy atom. The van der Waals surface area contributed by atoms with Crippen LogP contribution in [0.3, 0.4) is 0 Å². The Hall–Kier alpha value is -4.00. The molecule has 3 aromatic carbocycles. The highest BCUT2D eigenvalue weighted by atomic mass is 16.5. The van der Waals surface area contributed by atoms with Crippen LogP contribution < -0.4 is 29.7 Å².